The van der Waals surface area contributed by atoms with Gasteiger partial charge in [0.2, 0.25) is 0 Å². The third kappa shape index (κ3) is 3.08. The molecule has 5 nitrogen and oxygen atoms in total. The van der Waals surface area contributed by atoms with E-state index in [0.717, 1.165) is 0 Å². The van der Waals surface area contributed by atoms with E-state index >= 15 is 0 Å². The van der Waals surface area contributed by atoms with Crippen LogP contribution in [0.15, 0.2) is 48.5 Å². The van der Waals surface area contributed by atoms with Crippen molar-refractivity contribution >= 4 is 63.7 Å². The van der Waals surface area contributed by atoms with Gasteiger partial charge in [0.05, 0.1) is 32.5 Å². The van der Waals surface area contributed by atoms with Gasteiger partial charge in [0.1, 0.15) is 0 Å². The lowest BCUT2D eigenvalue weighted by molar-refractivity contribution is 0.0979. The van der Waals surface area contributed by atoms with E-state index in [1.807, 2.05) is 0 Å². The van der Waals surface area contributed by atoms with Crippen molar-refractivity contribution in [3.05, 3.63) is 91.4 Å². The van der Waals surface area contributed by atoms with Crippen LogP contribution in [0.1, 0.15) is 42.2 Å². The minimum absolute atomic E-state index is 0.0707. The van der Waals surface area contributed by atoms with Crippen molar-refractivity contribution in [2.45, 2.75) is 0 Å². The number of hydrogen-bond acceptors (Lipinski definition) is 4. The lowest BCUT2D eigenvalue weighted by atomic mass is 9.82. The largest absolute Gasteiger partial charge is 0.397 e. The third-order valence-electron chi connectivity index (χ3n) is 4.61. The summed E-state index contributed by atoms with van der Waals surface area (Å²) in [6, 6.07) is 12.6. The molecule has 1 aliphatic rings. The van der Waals surface area contributed by atoms with Gasteiger partial charge < -0.3 is 11.1 Å². The van der Waals surface area contributed by atoms with Crippen LogP contribution in [-0.2, 0) is 0 Å². The molecule has 0 fully saturated rings. The number of nitrogen functional groups attached to an aromatic ring is 1. The van der Waals surface area contributed by atoms with Crippen molar-refractivity contribution in [1.29, 1.82) is 0 Å². The standard InChI is InChI=1S/C21H11Cl3N2O3/c22-10-5-3-4-9(8-10)21(29)26-18-14-13(17(25)15(23)16(18)24)19(27)11-6-1-2-7-12(11)20(14)28/h1-8H,25H2,(H,26,29). The van der Waals surface area contributed by atoms with Gasteiger partial charge >= 0.3 is 0 Å². The van der Waals surface area contributed by atoms with E-state index < -0.39 is 17.5 Å². The average Bonchev–Trinajstić information content (AvgIpc) is 2.72. The first-order valence-corrected chi connectivity index (χ1v) is 9.50. The van der Waals surface area contributed by atoms with Gasteiger partial charge in [-0.2, -0.15) is 0 Å². The monoisotopic (exact) mass is 444 g/mol. The predicted molar refractivity (Wildman–Crippen MR) is 114 cm³/mol. The van der Waals surface area contributed by atoms with Gasteiger partial charge in [-0.25, -0.2) is 0 Å². The Balaban J connectivity index is 1.92. The summed E-state index contributed by atoms with van der Waals surface area (Å²) in [6.07, 6.45) is 0. The molecule has 0 saturated carbocycles. The number of amides is 1. The Labute approximate surface area is 180 Å². The molecule has 3 N–H and O–H groups in total. The number of nitrogens with one attached hydrogen (secondary N) is 1. The first-order valence-electron chi connectivity index (χ1n) is 8.37. The molecule has 144 valence electrons. The molecular formula is C21H11Cl3N2O3. The zero-order valence-electron chi connectivity index (χ0n) is 14.6. The molecule has 0 aromatic heterocycles. The molecule has 8 heteroatoms. The Morgan fingerprint density at radius 3 is 2.07 bits per heavy atom. The summed E-state index contributed by atoms with van der Waals surface area (Å²) >= 11 is 18.5. The Morgan fingerprint density at radius 1 is 0.828 bits per heavy atom. The molecular weight excluding hydrogens is 435 g/mol. The van der Waals surface area contributed by atoms with Gasteiger partial charge in [-0.3, -0.25) is 14.4 Å². The van der Waals surface area contributed by atoms with E-state index in [1.54, 1.807) is 30.3 Å². The molecule has 0 spiro atoms. The molecule has 4 rings (SSSR count). The van der Waals surface area contributed by atoms with Gasteiger partial charge in [0, 0.05) is 21.7 Å². The average molecular weight is 446 g/mol. The Morgan fingerprint density at radius 2 is 1.45 bits per heavy atom. The van der Waals surface area contributed by atoms with Crippen LogP contribution in [0.2, 0.25) is 15.1 Å². The molecule has 0 bridgehead atoms. The fourth-order valence-corrected chi connectivity index (χ4v) is 3.87. The number of ketones is 2. The second-order valence-electron chi connectivity index (χ2n) is 6.33. The normalized spacial score (nSPS) is 12.4. The van der Waals surface area contributed by atoms with Crippen molar-refractivity contribution in [2.24, 2.45) is 0 Å². The number of fused-ring (bicyclic) bond motifs is 2. The molecule has 29 heavy (non-hydrogen) atoms. The van der Waals surface area contributed by atoms with E-state index in [-0.39, 0.29) is 49.2 Å². The highest BCUT2D eigenvalue weighted by Crippen LogP contribution is 2.45. The second-order valence-corrected chi connectivity index (χ2v) is 7.53. The van der Waals surface area contributed by atoms with Crippen molar-refractivity contribution in [2.75, 3.05) is 11.1 Å². The van der Waals surface area contributed by atoms with Crippen molar-refractivity contribution in [1.82, 2.24) is 0 Å². The fourth-order valence-electron chi connectivity index (χ4n) is 3.25. The summed E-state index contributed by atoms with van der Waals surface area (Å²) in [5.41, 5.74) is 6.32. The summed E-state index contributed by atoms with van der Waals surface area (Å²) in [7, 11) is 0. The van der Waals surface area contributed by atoms with E-state index in [9.17, 15) is 14.4 Å². The van der Waals surface area contributed by atoms with E-state index in [2.05, 4.69) is 5.32 Å². The number of benzene rings is 3. The minimum atomic E-state index is -0.573. The van der Waals surface area contributed by atoms with Crippen LogP contribution in [-0.4, -0.2) is 17.5 Å². The van der Waals surface area contributed by atoms with E-state index in [1.165, 1.54) is 18.2 Å². The van der Waals surface area contributed by atoms with Crippen LogP contribution in [0, 0.1) is 0 Å². The highest BCUT2D eigenvalue weighted by molar-refractivity contribution is 6.48. The molecule has 1 amide bonds. The van der Waals surface area contributed by atoms with Gasteiger partial charge in [-0.15, -0.1) is 0 Å². The summed E-state index contributed by atoms with van der Waals surface area (Å²) in [6.45, 7) is 0. The lowest BCUT2D eigenvalue weighted by Gasteiger charge is -2.24. The maximum absolute atomic E-state index is 13.2. The first-order chi connectivity index (χ1) is 13.8. The number of nitrogens with two attached hydrogens (primary N) is 1. The van der Waals surface area contributed by atoms with Crippen LogP contribution in [0.25, 0.3) is 0 Å². The SMILES string of the molecule is Nc1c(Cl)c(Cl)c(NC(=O)c2cccc(Cl)c2)c2c1C(=O)c1ccccc1C2=O. The quantitative estimate of drug-likeness (QED) is 0.412. The zero-order chi connectivity index (χ0) is 20.9. The minimum Gasteiger partial charge on any atom is -0.397 e. The Bertz CT molecular complexity index is 1240. The van der Waals surface area contributed by atoms with Gasteiger partial charge in [0.15, 0.2) is 11.6 Å². The van der Waals surface area contributed by atoms with E-state index in [0.29, 0.717) is 5.02 Å². The Hall–Kier alpha value is -2.86. The lowest BCUT2D eigenvalue weighted by Crippen LogP contribution is -2.26. The molecule has 0 unspecified atom stereocenters. The number of anilines is 2. The molecule has 3 aromatic carbocycles. The van der Waals surface area contributed by atoms with Crippen LogP contribution in [0.4, 0.5) is 11.4 Å². The van der Waals surface area contributed by atoms with Crippen LogP contribution in [0.5, 0.6) is 0 Å². The molecule has 0 atom stereocenters. The molecule has 0 radical (unpaired) electrons. The highest BCUT2D eigenvalue weighted by atomic mass is 35.5. The second kappa shape index (κ2) is 7.19. The van der Waals surface area contributed by atoms with Gasteiger partial charge in [-0.05, 0) is 18.2 Å². The summed E-state index contributed by atoms with van der Waals surface area (Å²) in [4.78, 5) is 38.9. The predicted octanol–water partition coefficient (Wildman–Crippen LogP) is 5.26. The van der Waals surface area contributed by atoms with E-state index in [4.69, 9.17) is 40.5 Å². The molecule has 0 heterocycles. The number of carbonyl (C=O) groups excluding carboxylic acids is 3. The smallest absolute Gasteiger partial charge is 0.255 e. The molecule has 0 saturated heterocycles. The first kappa shape index (κ1) is 19.5. The summed E-state index contributed by atoms with van der Waals surface area (Å²) in [5, 5.41) is 2.71. The van der Waals surface area contributed by atoms with Crippen molar-refractivity contribution in [3.8, 4) is 0 Å². The number of carbonyl (C=O) groups is 3. The molecule has 3 aromatic rings. The van der Waals surface area contributed by atoms with Crippen LogP contribution in [0.3, 0.4) is 0 Å². The molecule has 1 aliphatic carbocycles. The maximum atomic E-state index is 13.2. The Kier molecular flexibility index (Phi) is 4.82. The third-order valence-corrected chi connectivity index (χ3v) is 5.72. The van der Waals surface area contributed by atoms with Gasteiger partial charge in [0.25, 0.3) is 5.91 Å². The van der Waals surface area contributed by atoms with Crippen molar-refractivity contribution < 1.29 is 14.4 Å². The number of rotatable bonds is 2. The van der Waals surface area contributed by atoms with Crippen LogP contribution < -0.4 is 11.1 Å². The van der Waals surface area contributed by atoms with Gasteiger partial charge in [-0.1, -0.05) is 65.1 Å². The highest BCUT2D eigenvalue weighted by Gasteiger charge is 2.36. The number of halogens is 3. The number of hydrogen-bond donors (Lipinski definition) is 2. The van der Waals surface area contributed by atoms with Crippen molar-refractivity contribution in [3.63, 3.8) is 0 Å². The maximum Gasteiger partial charge on any atom is 0.255 e. The summed E-state index contributed by atoms with van der Waals surface area (Å²) < 4.78 is 0. The topological polar surface area (TPSA) is 89.3 Å². The zero-order valence-corrected chi connectivity index (χ0v) is 16.8. The fraction of sp³-hybridized carbons (Fsp3) is 0. The summed E-state index contributed by atoms with van der Waals surface area (Å²) in [5.74, 6) is -1.53. The van der Waals surface area contributed by atoms with Crippen LogP contribution >= 0.6 is 34.8 Å². The molecule has 0 aliphatic heterocycles.